The van der Waals surface area contributed by atoms with Crippen LogP contribution in [0.1, 0.15) is 72.6 Å². The third-order valence-electron chi connectivity index (χ3n) is 7.37. The third kappa shape index (κ3) is 5.04. The zero-order valence-electron chi connectivity index (χ0n) is 19.9. The van der Waals surface area contributed by atoms with Gasteiger partial charge in [-0.05, 0) is 56.1 Å². The fraction of sp³-hybridized carbons (Fsp3) is 0.393. The van der Waals surface area contributed by atoms with Crippen molar-refractivity contribution in [1.82, 2.24) is 15.3 Å². The Bertz CT molecular complexity index is 1200. The lowest BCUT2D eigenvalue weighted by Gasteiger charge is -2.27. The maximum atomic E-state index is 14.1. The number of carbonyl (C=O) groups is 1. The SMILES string of the molecule is CC1CCC(Nc2ncc(C(=O)NCc3ccc(F)cc3F)c(C3(c4ccccc4)CC3)n2)CC1. The van der Waals surface area contributed by atoms with Crippen LogP contribution in [0, 0.1) is 17.6 Å². The van der Waals surface area contributed by atoms with Crippen molar-refractivity contribution in [2.24, 2.45) is 5.92 Å². The fourth-order valence-electron chi connectivity index (χ4n) is 5.05. The number of halogens is 2. The minimum atomic E-state index is -0.689. The zero-order chi connectivity index (χ0) is 24.4. The summed E-state index contributed by atoms with van der Waals surface area (Å²) in [6, 6.07) is 13.8. The van der Waals surface area contributed by atoms with Gasteiger partial charge in [0.15, 0.2) is 0 Å². The molecule has 5 rings (SSSR count). The standard InChI is InChI=1S/C28H30F2N4O/c1-18-7-11-22(12-8-18)33-27-32-17-23(26(35)31-16-19-9-10-21(29)15-24(19)30)25(34-27)28(13-14-28)20-5-3-2-4-6-20/h2-6,9-10,15,17-18,22H,7-8,11-14,16H2,1H3,(H,31,35)(H,32,33,34). The van der Waals surface area contributed by atoms with Gasteiger partial charge in [-0.15, -0.1) is 0 Å². The van der Waals surface area contributed by atoms with Crippen LogP contribution >= 0.6 is 0 Å². The number of carbonyl (C=O) groups excluding carboxylic acids is 1. The van der Waals surface area contributed by atoms with Crippen LogP contribution in [0.3, 0.4) is 0 Å². The van der Waals surface area contributed by atoms with Gasteiger partial charge in [-0.2, -0.15) is 0 Å². The monoisotopic (exact) mass is 476 g/mol. The van der Waals surface area contributed by atoms with Crippen molar-refractivity contribution in [2.45, 2.75) is 63.5 Å². The highest BCUT2D eigenvalue weighted by atomic mass is 19.1. The van der Waals surface area contributed by atoms with Gasteiger partial charge in [-0.3, -0.25) is 4.79 Å². The second kappa shape index (κ2) is 9.72. The molecule has 0 unspecified atom stereocenters. The number of rotatable bonds is 7. The zero-order valence-corrected chi connectivity index (χ0v) is 19.9. The first-order valence-corrected chi connectivity index (χ1v) is 12.4. The van der Waals surface area contributed by atoms with Gasteiger partial charge in [0.1, 0.15) is 11.6 Å². The first-order chi connectivity index (χ1) is 16.9. The first-order valence-electron chi connectivity index (χ1n) is 12.4. The van der Waals surface area contributed by atoms with E-state index in [2.05, 4.69) is 34.7 Å². The van der Waals surface area contributed by atoms with E-state index >= 15 is 0 Å². The lowest BCUT2D eigenvalue weighted by Crippen LogP contribution is -2.30. The summed E-state index contributed by atoms with van der Waals surface area (Å²) in [6.45, 7) is 2.23. The van der Waals surface area contributed by atoms with Crippen LogP contribution in [-0.4, -0.2) is 21.9 Å². The number of anilines is 1. The Balaban J connectivity index is 1.43. The van der Waals surface area contributed by atoms with Gasteiger partial charge in [0.2, 0.25) is 5.95 Å². The van der Waals surface area contributed by atoms with Gasteiger partial charge in [0.25, 0.3) is 5.91 Å². The van der Waals surface area contributed by atoms with Crippen LogP contribution in [0.15, 0.2) is 54.7 Å². The largest absolute Gasteiger partial charge is 0.351 e. The molecular weight excluding hydrogens is 446 g/mol. The predicted molar refractivity (Wildman–Crippen MR) is 131 cm³/mol. The summed E-state index contributed by atoms with van der Waals surface area (Å²) in [5.74, 6) is -0.422. The molecule has 1 heterocycles. The molecule has 2 saturated carbocycles. The van der Waals surface area contributed by atoms with Crippen LogP contribution < -0.4 is 10.6 Å². The average molecular weight is 477 g/mol. The highest BCUT2D eigenvalue weighted by Crippen LogP contribution is 2.53. The molecule has 0 bridgehead atoms. The lowest BCUT2D eigenvalue weighted by molar-refractivity contribution is 0.0948. The Hall–Kier alpha value is -3.35. The van der Waals surface area contributed by atoms with Crippen molar-refractivity contribution in [3.63, 3.8) is 0 Å². The van der Waals surface area contributed by atoms with Crippen LogP contribution in [0.4, 0.5) is 14.7 Å². The molecule has 0 atom stereocenters. The van der Waals surface area contributed by atoms with Crippen LogP contribution in [0.5, 0.6) is 0 Å². The second-order valence-corrected chi connectivity index (χ2v) is 9.92. The van der Waals surface area contributed by atoms with Crippen molar-refractivity contribution in [3.8, 4) is 0 Å². The Morgan fingerprint density at radius 1 is 1.06 bits per heavy atom. The van der Waals surface area contributed by atoms with E-state index in [1.54, 1.807) is 6.20 Å². The van der Waals surface area contributed by atoms with Gasteiger partial charge >= 0.3 is 0 Å². The van der Waals surface area contributed by atoms with Crippen molar-refractivity contribution in [2.75, 3.05) is 5.32 Å². The molecule has 1 amide bonds. The summed E-state index contributed by atoms with van der Waals surface area (Å²) < 4.78 is 27.3. The molecule has 0 saturated heterocycles. The van der Waals surface area contributed by atoms with Crippen molar-refractivity contribution in [1.29, 1.82) is 0 Å². The quantitative estimate of drug-likeness (QED) is 0.455. The number of hydrogen-bond donors (Lipinski definition) is 2. The average Bonchev–Trinajstić information content (AvgIpc) is 3.67. The van der Waals surface area contributed by atoms with E-state index in [0.717, 1.165) is 43.2 Å². The molecule has 0 aliphatic heterocycles. The number of hydrogen-bond acceptors (Lipinski definition) is 4. The maximum Gasteiger partial charge on any atom is 0.255 e. The molecule has 2 fully saturated rings. The van der Waals surface area contributed by atoms with Gasteiger partial charge in [-0.25, -0.2) is 18.7 Å². The second-order valence-electron chi connectivity index (χ2n) is 9.92. The van der Waals surface area contributed by atoms with E-state index in [9.17, 15) is 13.6 Å². The molecule has 182 valence electrons. The van der Waals surface area contributed by atoms with Gasteiger partial charge < -0.3 is 10.6 Å². The molecule has 35 heavy (non-hydrogen) atoms. The molecule has 0 radical (unpaired) electrons. The first kappa shape index (κ1) is 23.4. The van der Waals surface area contributed by atoms with E-state index < -0.39 is 11.6 Å². The molecule has 1 aromatic heterocycles. The summed E-state index contributed by atoms with van der Waals surface area (Å²) in [4.78, 5) is 22.6. The number of nitrogens with zero attached hydrogens (tertiary/aromatic N) is 2. The molecule has 2 N–H and O–H groups in total. The topological polar surface area (TPSA) is 66.9 Å². The number of benzene rings is 2. The number of amides is 1. The summed E-state index contributed by atoms with van der Waals surface area (Å²) in [5, 5.41) is 6.26. The molecule has 2 aromatic carbocycles. The van der Waals surface area contributed by atoms with E-state index in [1.165, 1.54) is 25.0 Å². The highest BCUT2D eigenvalue weighted by Gasteiger charge is 2.49. The molecule has 7 heteroatoms. The molecular formula is C28H30F2N4O. The summed E-state index contributed by atoms with van der Waals surface area (Å²) in [6.07, 6.45) is 7.88. The number of nitrogens with one attached hydrogen (secondary N) is 2. The van der Waals surface area contributed by atoms with E-state index in [1.807, 2.05) is 18.2 Å². The molecule has 3 aromatic rings. The molecule has 5 nitrogen and oxygen atoms in total. The molecule has 2 aliphatic carbocycles. The summed E-state index contributed by atoms with van der Waals surface area (Å²) in [7, 11) is 0. The smallest absolute Gasteiger partial charge is 0.255 e. The van der Waals surface area contributed by atoms with Gasteiger partial charge in [-0.1, -0.05) is 43.3 Å². The van der Waals surface area contributed by atoms with Crippen molar-refractivity contribution in [3.05, 3.63) is 88.7 Å². The van der Waals surface area contributed by atoms with Crippen LogP contribution in [0.2, 0.25) is 0 Å². The lowest BCUT2D eigenvalue weighted by atomic mass is 9.87. The van der Waals surface area contributed by atoms with Gasteiger partial charge in [0, 0.05) is 35.8 Å². The molecule has 2 aliphatic rings. The number of aromatic nitrogens is 2. The Morgan fingerprint density at radius 2 is 1.80 bits per heavy atom. The van der Waals surface area contributed by atoms with Gasteiger partial charge in [0.05, 0.1) is 11.3 Å². The van der Waals surface area contributed by atoms with E-state index in [-0.39, 0.29) is 23.4 Å². The van der Waals surface area contributed by atoms with E-state index in [4.69, 9.17) is 4.98 Å². The molecule has 0 spiro atoms. The van der Waals surface area contributed by atoms with Crippen molar-refractivity contribution < 1.29 is 13.6 Å². The third-order valence-corrected chi connectivity index (χ3v) is 7.37. The maximum absolute atomic E-state index is 14.1. The highest BCUT2D eigenvalue weighted by molar-refractivity contribution is 5.95. The Labute approximate surface area is 204 Å². The predicted octanol–water partition coefficient (Wildman–Crippen LogP) is 5.76. The summed E-state index contributed by atoms with van der Waals surface area (Å²) in [5.41, 5.74) is 2.08. The Morgan fingerprint density at radius 3 is 2.49 bits per heavy atom. The minimum Gasteiger partial charge on any atom is -0.351 e. The van der Waals surface area contributed by atoms with Crippen LogP contribution in [0.25, 0.3) is 0 Å². The van der Waals surface area contributed by atoms with Crippen LogP contribution in [-0.2, 0) is 12.0 Å². The van der Waals surface area contributed by atoms with Crippen molar-refractivity contribution >= 4 is 11.9 Å². The Kier molecular flexibility index (Phi) is 6.50. The fourth-order valence-corrected chi connectivity index (χ4v) is 5.05. The summed E-state index contributed by atoms with van der Waals surface area (Å²) >= 11 is 0. The van der Waals surface area contributed by atoms with E-state index in [0.29, 0.717) is 23.2 Å². The minimum absolute atomic E-state index is 0.0526. The normalized spacial score (nSPS) is 20.8.